The van der Waals surface area contributed by atoms with Gasteiger partial charge in [0, 0.05) is 11.6 Å². The average Bonchev–Trinajstić information content (AvgIpc) is 2.31. The standard InChI is InChI=1S/C14H20FN/c15-10-14(11-5-2-1-3-6-11)12-7-4-8-13(16)9-12/h4,7-9,11,14H,1-3,5-6,10,16H2. The number of nitrogens with two attached hydrogens (primary N) is 1. The second-order valence-corrected chi connectivity index (χ2v) is 4.83. The molecule has 0 aromatic heterocycles. The van der Waals surface area contributed by atoms with E-state index in [0.717, 1.165) is 11.3 Å². The molecule has 1 aliphatic rings. The van der Waals surface area contributed by atoms with Crippen LogP contribution in [0.1, 0.15) is 43.6 Å². The van der Waals surface area contributed by atoms with E-state index in [4.69, 9.17) is 5.73 Å². The first-order valence-electron chi connectivity index (χ1n) is 6.22. The van der Waals surface area contributed by atoms with E-state index in [1.165, 1.54) is 32.1 Å². The quantitative estimate of drug-likeness (QED) is 0.770. The van der Waals surface area contributed by atoms with Crippen LogP contribution in [0.3, 0.4) is 0 Å². The summed E-state index contributed by atoms with van der Waals surface area (Å²) < 4.78 is 13.2. The van der Waals surface area contributed by atoms with Gasteiger partial charge in [-0.05, 0) is 36.5 Å². The van der Waals surface area contributed by atoms with Crippen molar-refractivity contribution in [3.05, 3.63) is 29.8 Å². The monoisotopic (exact) mass is 221 g/mol. The summed E-state index contributed by atoms with van der Waals surface area (Å²) >= 11 is 0. The van der Waals surface area contributed by atoms with Gasteiger partial charge in [-0.15, -0.1) is 0 Å². The number of hydrogen-bond acceptors (Lipinski definition) is 1. The summed E-state index contributed by atoms with van der Waals surface area (Å²) in [6, 6.07) is 7.73. The van der Waals surface area contributed by atoms with Gasteiger partial charge in [0.15, 0.2) is 0 Å². The lowest BCUT2D eigenvalue weighted by Gasteiger charge is -2.28. The molecule has 1 fully saturated rings. The van der Waals surface area contributed by atoms with E-state index < -0.39 is 0 Å². The molecule has 0 heterocycles. The molecule has 0 amide bonds. The van der Waals surface area contributed by atoms with Crippen molar-refractivity contribution in [2.45, 2.75) is 38.0 Å². The van der Waals surface area contributed by atoms with E-state index in [-0.39, 0.29) is 12.6 Å². The Morgan fingerprint density at radius 2 is 2.00 bits per heavy atom. The fourth-order valence-corrected chi connectivity index (χ4v) is 2.81. The molecule has 1 aliphatic carbocycles. The highest BCUT2D eigenvalue weighted by molar-refractivity contribution is 5.42. The van der Waals surface area contributed by atoms with Gasteiger partial charge in [0.2, 0.25) is 0 Å². The molecule has 2 heteroatoms. The summed E-state index contributed by atoms with van der Waals surface area (Å²) in [5.41, 5.74) is 7.58. The SMILES string of the molecule is Nc1cccc(C(CF)C2CCCCC2)c1. The molecule has 0 aliphatic heterocycles. The Labute approximate surface area is 96.9 Å². The highest BCUT2D eigenvalue weighted by Crippen LogP contribution is 2.36. The third kappa shape index (κ3) is 2.55. The maximum Gasteiger partial charge on any atom is 0.0965 e. The maximum atomic E-state index is 13.2. The summed E-state index contributed by atoms with van der Waals surface area (Å²) in [5.74, 6) is 0.573. The zero-order valence-corrected chi connectivity index (χ0v) is 9.66. The van der Waals surface area contributed by atoms with Crippen LogP contribution in [0, 0.1) is 5.92 Å². The van der Waals surface area contributed by atoms with E-state index in [1.54, 1.807) is 0 Å². The molecular weight excluding hydrogens is 201 g/mol. The number of halogens is 1. The van der Waals surface area contributed by atoms with Crippen LogP contribution in [0.4, 0.5) is 10.1 Å². The molecular formula is C14H20FN. The fraction of sp³-hybridized carbons (Fsp3) is 0.571. The summed E-state index contributed by atoms with van der Waals surface area (Å²) in [7, 11) is 0. The summed E-state index contributed by atoms with van der Waals surface area (Å²) in [6.07, 6.45) is 6.16. The molecule has 1 nitrogen and oxygen atoms in total. The van der Waals surface area contributed by atoms with Crippen LogP contribution in [-0.2, 0) is 0 Å². The Bertz CT molecular complexity index is 331. The van der Waals surface area contributed by atoms with E-state index >= 15 is 0 Å². The van der Waals surface area contributed by atoms with Crippen LogP contribution in [0.2, 0.25) is 0 Å². The molecule has 1 unspecified atom stereocenters. The molecule has 0 spiro atoms. The van der Waals surface area contributed by atoms with E-state index in [9.17, 15) is 4.39 Å². The number of benzene rings is 1. The van der Waals surface area contributed by atoms with Crippen LogP contribution in [-0.4, -0.2) is 6.67 Å². The van der Waals surface area contributed by atoms with Gasteiger partial charge in [0.05, 0.1) is 6.67 Å². The lowest BCUT2D eigenvalue weighted by atomic mass is 9.77. The van der Waals surface area contributed by atoms with Crippen molar-refractivity contribution in [3.8, 4) is 0 Å². The molecule has 2 rings (SSSR count). The molecule has 0 radical (unpaired) electrons. The van der Waals surface area contributed by atoms with Gasteiger partial charge in [0.1, 0.15) is 0 Å². The number of anilines is 1. The first-order chi connectivity index (χ1) is 7.81. The Hall–Kier alpha value is -1.05. The average molecular weight is 221 g/mol. The summed E-state index contributed by atoms with van der Waals surface area (Å²) in [6.45, 7) is -0.256. The molecule has 16 heavy (non-hydrogen) atoms. The predicted octanol–water partition coefficient (Wildman–Crippen LogP) is 3.90. The minimum absolute atomic E-state index is 0.0591. The molecule has 0 saturated heterocycles. The van der Waals surface area contributed by atoms with Gasteiger partial charge in [-0.25, -0.2) is 0 Å². The minimum Gasteiger partial charge on any atom is -0.399 e. The number of alkyl halides is 1. The zero-order valence-electron chi connectivity index (χ0n) is 9.66. The topological polar surface area (TPSA) is 26.0 Å². The van der Waals surface area contributed by atoms with Crippen LogP contribution in [0.25, 0.3) is 0 Å². The first kappa shape index (κ1) is 11.4. The zero-order chi connectivity index (χ0) is 11.4. The van der Waals surface area contributed by atoms with Gasteiger partial charge in [-0.2, -0.15) is 0 Å². The minimum atomic E-state index is -0.256. The molecule has 88 valence electrons. The van der Waals surface area contributed by atoms with Gasteiger partial charge in [0.25, 0.3) is 0 Å². The lowest BCUT2D eigenvalue weighted by molar-refractivity contribution is 0.263. The van der Waals surface area contributed by atoms with Gasteiger partial charge in [-0.1, -0.05) is 31.4 Å². The Morgan fingerprint density at radius 1 is 1.25 bits per heavy atom. The third-order valence-corrected chi connectivity index (χ3v) is 3.72. The van der Waals surface area contributed by atoms with E-state index in [1.807, 2.05) is 24.3 Å². The van der Waals surface area contributed by atoms with Crippen LogP contribution in [0.5, 0.6) is 0 Å². The van der Waals surface area contributed by atoms with E-state index in [0.29, 0.717) is 5.92 Å². The summed E-state index contributed by atoms with van der Waals surface area (Å²) in [5, 5.41) is 0. The second-order valence-electron chi connectivity index (χ2n) is 4.83. The molecule has 1 aromatic carbocycles. The highest BCUT2D eigenvalue weighted by Gasteiger charge is 2.24. The molecule has 1 atom stereocenters. The smallest absolute Gasteiger partial charge is 0.0965 e. The van der Waals surface area contributed by atoms with Crippen LogP contribution < -0.4 is 5.73 Å². The normalized spacial score (nSPS) is 19.6. The highest BCUT2D eigenvalue weighted by atomic mass is 19.1. The number of hydrogen-bond donors (Lipinski definition) is 1. The first-order valence-corrected chi connectivity index (χ1v) is 6.22. The largest absolute Gasteiger partial charge is 0.399 e. The van der Waals surface area contributed by atoms with Gasteiger partial charge >= 0.3 is 0 Å². The van der Waals surface area contributed by atoms with Crippen molar-refractivity contribution >= 4 is 5.69 Å². The Balaban J connectivity index is 2.14. The van der Waals surface area contributed by atoms with Gasteiger partial charge in [-0.3, -0.25) is 4.39 Å². The van der Waals surface area contributed by atoms with Crippen molar-refractivity contribution < 1.29 is 4.39 Å². The number of rotatable bonds is 3. The van der Waals surface area contributed by atoms with Crippen molar-refractivity contribution in [1.82, 2.24) is 0 Å². The van der Waals surface area contributed by atoms with Crippen LogP contribution >= 0.6 is 0 Å². The van der Waals surface area contributed by atoms with Crippen molar-refractivity contribution in [1.29, 1.82) is 0 Å². The Morgan fingerprint density at radius 3 is 2.62 bits per heavy atom. The maximum absolute atomic E-state index is 13.2. The van der Waals surface area contributed by atoms with E-state index in [2.05, 4.69) is 0 Å². The molecule has 2 N–H and O–H groups in total. The van der Waals surface area contributed by atoms with Gasteiger partial charge < -0.3 is 5.73 Å². The summed E-state index contributed by atoms with van der Waals surface area (Å²) in [4.78, 5) is 0. The predicted molar refractivity (Wildman–Crippen MR) is 66.1 cm³/mol. The molecule has 0 bridgehead atoms. The van der Waals surface area contributed by atoms with Crippen molar-refractivity contribution in [2.75, 3.05) is 12.4 Å². The fourth-order valence-electron chi connectivity index (χ4n) is 2.81. The van der Waals surface area contributed by atoms with Crippen molar-refractivity contribution in [2.24, 2.45) is 5.92 Å². The van der Waals surface area contributed by atoms with Crippen LogP contribution in [0.15, 0.2) is 24.3 Å². The second kappa shape index (κ2) is 5.33. The lowest BCUT2D eigenvalue weighted by Crippen LogP contribution is -2.18. The van der Waals surface area contributed by atoms with Crippen molar-refractivity contribution in [3.63, 3.8) is 0 Å². The molecule has 1 aromatic rings. The number of nitrogen functional groups attached to an aromatic ring is 1. The molecule has 1 saturated carbocycles. The Kier molecular flexibility index (Phi) is 3.81. The third-order valence-electron chi connectivity index (χ3n) is 3.72.